The Hall–Kier alpha value is -0.753. The summed E-state index contributed by atoms with van der Waals surface area (Å²) in [5.41, 5.74) is 1.18. The number of aromatic nitrogens is 1. The van der Waals surface area contributed by atoms with Crippen molar-refractivity contribution in [2.75, 3.05) is 21.3 Å². The molecular formula is C13H24NO3Si+. The van der Waals surface area contributed by atoms with E-state index in [1.807, 2.05) is 0 Å². The van der Waals surface area contributed by atoms with E-state index >= 15 is 0 Å². The minimum atomic E-state index is -2.51. The van der Waals surface area contributed by atoms with E-state index in [4.69, 9.17) is 13.3 Å². The zero-order valence-electron chi connectivity index (χ0n) is 11.8. The van der Waals surface area contributed by atoms with Crippen LogP contribution in [0, 0.1) is 0 Å². The summed E-state index contributed by atoms with van der Waals surface area (Å²) in [5, 5.41) is 0. The molecule has 0 saturated heterocycles. The highest BCUT2D eigenvalue weighted by Crippen LogP contribution is 2.13. The van der Waals surface area contributed by atoms with Gasteiger partial charge in [-0.15, -0.1) is 0 Å². The van der Waals surface area contributed by atoms with Gasteiger partial charge in [0.2, 0.25) is 0 Å². The molecule has 0 amide bonds. The summed E-state index contributed by atoms with van der Waals surface area (Å²) in [6, 6.07) is 4.91. The van der Waals surface area contributed by atoms with Crippen molar-refractivity contribution < 1.29 is 17.8 Å². The summed E-state index contributed by atoms with van der Waals surface area (Å²) in [7, 11) is 2.42. The molecule has 0 aromatic carbocycles. The van der Waals surface area contributed by atoms with Gasteiger partial charge in [0.25, 0.3) is 0 Å². The molecule has 0 spiro atoms. The molecule has 5 heteroatoms. The van der Waals surface area contributed by atoms with Gasteiger partial charge in [0.05, 0.1) is 0 Å². The number of nitrogens with zero attached hydrogens (tertiary/aromatic N) is 1. The Morgan fingerprint density at radius 1 is 1.06 bits per heavy atom. The molecule has 1 aromatic heterocycles. The molecule has 4 nitrogen and oxygen atoms in total. The third kappa shape index (κ3) is 4.17. The maximum absolute atomic E-state index is 5.42. The Bertz CT molecular complexity index is 330. The van der Waals surface area contributed by atoms with Crippen molar-refractivity contribution >= 4 is 8.80 Å². The second-order valence-corrected chi connectivity index (χ2v) is 7.21. The highest BCUT2D eigenvalue weighted by atomic mass is 28.4. The quantitative estimate of drug-likeness (QED) is 0.532. The largest absolute Gasteiger partial charge is 0.504 e. The Balaban J connectivity index is 2.67. The van der Waals surface area contributed by atoms with Gasteiger partial charge in [-0.25, -0.2) is 4.57 Å². The average Bonchev–Trinajstić information content (AvgIpc) is 2.44. The second-order valence-electron chi connectivity index (χ2n) is 4.27. The van der Waals surface area contributed by atoms with Gasteiger partial charge in [-0.3, -0.25) is 0 Å². The highest BCUT2D eigenvalue weighted by Gasteiger charge is 2.38. The summed E-state index contributed by atoms with van der Waals surface area (Å²) in [4.78, 5) is 0. The van der Waals surface area contributed by atoms with Gasteiger partial charge < -0.3 is 13.3 Å². The van der Waals surface area contributed by atoms with E-state index in [0.717, 1.165) is 6.54 Å². The smallest absolute Gasteiger partial charge is 0.377 e. The molecule has 0 bridgehead atoms. The van der Waals surface area contributed by atoms with Crippen molar-refractivity contribution in [3.05, 3.63) is 30.1 Å². The van der Waals surface area contributed by atoms with Crippen LogP contribution in [0.15, 0.2) is 24.5 Å². The first-order valence-corrected chi connectivity index (χ1v) is 8.26. The molecule has 1 rings (SSSR count). The van der Waals surface area contributed by atoms with Crippen molar-refractivity contribution in [2.45, 2.75) is 32.4 Å². The fraction of sp³-hybridized carbons (Fsp3) is 0.615. The normalized spacial score (nSPS) is 11.8. The highest BCUT2D eigenvalue weighted by molar-refractivity contribution is 6.60. The molecule has 0 saturated carbocycles. The summed E-state index contributed by atoms with van der Waals surface area (Å²) >= 11 is 0. The lowest BCUT2D eigenvalue weighted by Gasteiger charge is -2.24. The zero-order chi connectivity index (χ0) is 13.4. The maximum Gasteiger partial charge on any atom is 0.504 e. The summed E-state index contributed by atoms with van der Waals surface area (Å²) < 4.78 is 18.5. The van der Waals surface area contributed by atoms with E-state index in [2.05, 4.69) is 36.0 Å². The SMILES string of the molecule is CCCC[n+]1ccc(C[Si](OC)(OC)OC)cc1. The van der Waals surface area contributed by atoms with Crippen LogP contribution >= 0.6 is 0 Å². The predicted octanol–water partition coefficient (Wildman–Crippen LogP) is 1.73. The third-order valence-electron chi connectivity index (χ3n) is 3.08. The van der Waals surface area contributed by atoms with Gasteiger partial charge in [0.15, 0.2) is 12.4 Å². The van der Waals surface area contributed by atoms with Crippen LogP contribution in [0.2, 0.25) is 0 Å². The lowest BCUT2D eigenvalue weighted by atomic mass is 10.3. The van der Waals surface area contributed by atoms with Crippen LogP contribution in [-0.2, 0) is 25.9 Å². The zero-order valence-corrected chi connectivity index (χ0v) is 12.8. The van der Waals surface area contributed by atoms with Crippen LogP contribution in [0.5, 0.6) is 0 Å². The minimum Gasteiger partial charge on any atom is -0.377 e. The van der Waals surface area contributed by atoms with Crippen LogP contribution in [-0.4, -0.2) is 30.1 Å². The van der Waals surface area contributed by atoms with Crippen LogP contribution in [0.4, 0.5) is 0 Å². The van der Waals surface area contributed by atoms with Gasteiger partial charge in [-0.05, 0) is 5.56 Å². The molecular weight excluding hydrogens is 246 g/mol. The van der Waals surface area contributed by atoms with Crippen molar-refractivity contribution in [3.63, 3.8) is 0 Å². The number of aryl methyl sites for hydroxylation is 1. The van der Waals surface area contributed by atoms with Gasteiger partial charge in [-0.1, -0.05) is 13.3 Å². The van der Waals surface area contributed by atoms with Gasteiger partial charge in [0.1, 0.15) is 6.54 Å². The first kappa shape index (κ1) is 15.3. The number of hydrogen-bond acceptors (Lipinski definition) is 3. The number of rotatable bonds is 8. The molecule has 0 N–H and O–H groups in total. The van der Waals surface area contributed by atoms with E-state index in [-0.39, 0.29) is 0 Å². The molecule has 1 heterocycles. The lowest BCUT2D eigenvalue weighted by Crippen LogP contribution is -2.45. The van der Waals surface area contributed by atoms with Crippen LogP contribution < -0.4 is 4.57 Å². The molecule has 0 unspecified atom stereocenters. The first-order chi connectivity index (χ1) is 8.69. The summed E-state index contributed by atoms with van der Waals surface area (Å²) in [6.45, 7) is 3.27. The van der Waals surface area contributed by atoms with Crippen LogP contribution in [0.1, 0.15) is 25.3 Å². The van der Waals surface area contributed by atoms with E-state index in [9.17, 15) is 0 Å². The standard InChI is InChI=1S/C13H24NO3Si/c1-5-6-9-14-10-7-13(8-11-14)12-18(15-2,16-3)17-4/h7-8,10-11H,5-6,9,12H2,1-4H3/q+1. The lowest BCUT2D eigenvalue weighted by molar-refractivity contribution is -0.697. The Labute approximate surface area is 111 Å². The molecule has 0 atom stereocenters. The van der Waals surface area contributed by atoms with E-state index in [1.54, 1.807) is 21.3 Å². The molecule has 0 aliphatic rings. The molecule has 18 heavy (non-hydrogen) atoms. The first-order valence-electron chi connectivity index (χ1n) is 6.33. The Morgan fingerprint density at radius 2 is 1.61 bits per heavy atom. The van der Waals surface area contributed by atoms with Gasteiger partial charge in [0, 0.05) is 45.9 Å². The average molecular weight is 270 g/mol. The topological polar surface area (TPSA) is 31.6 Å². The number of unbranched alkanes of at least 4 members (excludes halogenated alkanes) is 1. The maximum atomic E-state index is 5.42. The van der Waals surface area contributed by atoms with Crippen molar-refractivity contribution in [3.8, 4) is 0 Å². The Morgan fingerprint density at radius 3 is 2.06 bits per heavy atom. The fourth-order valence-corrected chi connectivity index (χ4v) is 3.48. The monoisotopic (exact) mass is 270 g/mol. The predicted molar refractivity (Wildman–Crippen MR) is 72.0 cm³/mol. The molecule has 0 radical (unpaired) electrons. The van der Waals surface area contributed by atoms with E-state index in [0.29, 0.717) is 6.04 Å². The summed E-state index contributed by atoms with van der Waals surface area (Å²) in [6.07, 6.45) is 6.62. The number of pyridine rings is 1. The Kier molecular flexibility index (Phi) is 6.49. The summed E-state index contributed by atoms with van der Waals surface area (Å²) in [5.74, 6) is 0. The van der Waals surface area contributed by atoms with Crippen molar-refractivity contribution in [1.29, 1.82) is 0 Å². The van der Waals surface area contributed by atoms with Gasteiger partial charge in [-0.2, -0.15) is 0 Å². The molecule has 0 aliphatic heterocycles. The van der Waals surface area contributed by atoms with Crippen LogP contribution in [0.3, 0.4) is 0 Å². The number of hydrogen-bond donors (Lipinski definition) is 0. The van der Waals surface area contributed by atoms with E-state index in [1.165, 1.54) is 18.4 Å². The second kappa shape index (κ2) is 7.63. The fourth-order valence-electron chi connectivity index (χ4n) is 1.81. The minimum absolute atomic E-state index is 0.700. The van der Waals surface area contributed by atoms with Crippen molar-refractivity contribution in [1.82, 2.24) is 0 Å². The molecule has 0 fully saturated rings. The third-order valence-corrected chi connectivity index (χ3v) is 5.79. The van der Waals surface area contributed by atoms with Crippen molar-refractivity contribution in [2.24, 2.45) is 0 Å². The van der Waals surface area contributed by atoms with Gasteiger partial charge >= 0.3 is 8.80 Å². The molecule has 1 aromatic rings. The van der Waals surface area contributed by atoms with E-state index < -0.39 is 8.80 Å². The molecule has 0 aliphatic carbocycles. The van der Waals surface area contributed by atoms with Crippen LogP contribution in [0.25, 0.3) is 0 Å². The molecule has 102 valence electrons.